The van der Waals surface area contributed by atoms with E-state index >= 15 is 0 Å². The van der Waals surface area contributed by atoms with Crippen LogP contribution in [0.2, 0.25) is 5.15 Å². The van der Waals surface area contributed by atoms with Gasteiger partial charge in [0.25, 0.3) is 0 Å². The molecular formula is C6H6Cl2N2. The summed E-state index contributed by atoms with van der Waals surface area (Å²) in [4.78, 5) is 0. The van der Waals surface area contributed by atoms with Gasteiger partial charge in [-0.3, -0.25) is 0 Å². The highest BCUT2D eigenvalue weighted by molar-refractivity contribution is 6.30. The van der Waals surface area contributed by atoms with Gasteiger partial charge < -0.3 is 0 Å². The Morgan fingerprint density at radius 1 is 1.50 bits per heavy atom. The highest BCUT2D eigenvalue weighted by Gasteiger charge is 1.98. The van der Waals surface area contributed by atoms with Gasteiger partial charge in [-0.05, 0) is 18.6 Å². The summed E-state index contributed by atoms with van der Waals surface area (Å²) in [6, 6.07) is 1.82. The minimum atomic E-state index is 0.380. The van der Waals surface area contributed by atoms with E-state index in [1.54, 1.807) is 0 Å². The molecular weight excluding hydrogens is 171 g/mol. The van der Waals surface area contributed by atoms with Crippen molar-refractivity contribution in [3.63, 3.8) is 0 Å². The average molecular weight is 177 g/mol. The Hall–Kier alpha value is -0.340. The number of nitrogens with zero attached hydrogens (tertiary/aromatic N) is 2. The third kappa shape index (κ3) is 1.58. The molecule has 0 saturated carbocycles. The molecule has 0 fully saturated rings. The lowest BCUT2D eigenvalue weighted by Gasteiger charge is -1.96. The zero-order chi connectivity index (χ0) is 7.56. The molecule has 0 spiro atoms. The minimum absolute atomic E-state index is 0.380. The van der Waals surface area contributed by atoms with Gasteiger partial charge in [-0.2, -0.15) is 5.10 Å². The van der Waals surface area contributed by atoms with Crippen LogP contribution in [0.25, 0.3) is 0 Å². The average Bonchev–Trinajstić information content (AvgIpc) is 1.95. The molecule has 1 heterocycles. The van der Waals surface area contributed by atoms with E-state index in [4.69, 9.17) is 23.2 Å². The van der Waals surface area contributed by atoms with E-state index in [1.807, 2.05) is 13.0 Å². The minimum Gasteiger partial charge on any atom is -0.153 e. The van der Waals surface area contributed by atoms with Crippen LogP contribution in [-0.4, -0.2) is 10.2 Å². The molecule has 0 aromatic carbocycles. The van der Waals surface area contributed by atoms with Gasteiger partial charge >= 0.3 is 0 Å². The SMILES string of the molecule is Cc1cc(CCl)nnc1Cl. The van der Waals surface area contributed by atoms with Gasteiger partial charge in [0.05, 0.1) is 11.6 Å². The Labute approximate surface area is 69.2 Å². The molecule has 10 heavy (non-hydrogen) atoms. The molecule has 0 atom stereocenters. The van der Waals surface area contributed by atoms with Crippen molar-refractivity contribution in [3.8, 4) is 0 Å². The Kier molecular flexibility index (Phi) is 2.46. The van der Waals surface area contributed by atoms with Crippen LogP contribution in [0.5, 0.6) is 0 Å². The van der Waals surface area contributed by atoms with Crippen LogP contribution in [0.3, 0.4) is 0 Å². The molecule has 1 aromatic heterocycles. The first-order valence-corrected chi connectivity index (χ1v) is 3.70. The second-order valence-corrected chi connectivity index (χ2v) is 2.57. The number of aryl methyl sites for hydroxylation is 1. The molecule has 0 N–H and O–H groups in total. The summed E-state index contributed by atoms with van der Waals surface area (Å²) in [5.41, 5.74) is 1.66. The van der Waals surface area contributed by atoms with E-state index in [0.717, 1.165) is 11.3 Å². The lowest BCUT2D eigenvalue weighted by atomic mass is 10.3. The first kappa shape index (κ1) is 7.76. The van der Waals surface area contributed by atoms with E-state index in [1.165, 1.54) is 0 Å². The van der Waals surface area contributed by atoms with Crippen molar-refractivity contribution in [3.05, 3.63) is 22.5 Å². The molecule has 0 radical (unpaired) electrons. The summed E-state index contributed by atoms with van der Waals surface area (Å²) in [5, 5.41) is 7.86. The van der Waals surface area contributed by atoms with Crippen molar-refractivity contribution in [1.29, 1.82) is 0 Å². The summed E-state index contributed by atoms with van der Waals surface area (Å²) >= 11 is 11.1. The molecule has 1 rings (SSSR count). The first-order chi connectivity index (χ1) is 4.74. The molecule has 0 amide bonds. The maximum absolute atomic E-state index is 5.62. The Balaban J connectivity index is 3.04. The van der Waals surface area contributed by atoms with E-state index in [2.05, 4.69) is 10.2 Å². The quantitative estimate of drug-likeness (QED) is 0.614. The predicted molar refractivity (Wildman–Crippen MR) is 41.3 cm³/mol. The topological polar surface area (TPSA) is 25.8 Å². The van der Waals surface area contributed by atoms with Gasteiger partial charge in [0, 0.05) is 0 Å². The van der Waals surface area contributed by atoms with Crippen molar-refractivity contribution < 1.29 is 0 Å². The predicted octanol–water partition coefficient (Wildman–Crippen LogP) is 2.18. The fourth-order valence-electron chi connectivity index (χ4n) is 0.591. The first-order valence-electron chi connectivity index (χ1n) is 2.78. The van der Waals surface area contributed by atoms with Crippen molar-refractivity contribution in [2.24, 2.45) is 0 Å². The van der Waals surface area contributed by atoms with Gasteiger partial charge in [-0.25, -0.2) is 0 Å². The van der Waals surface area contributed by atoms with Gasteiger partial charge in [0.2, 0.25) is 0 Å². The second kappa shape index (κ2) is 3.17. The maximum atomic E-state index is 5.62. The summed E-state index contributed by atoms with van der Waals surface area (Å²) < 4.78 is 0. The summed E-state index contributed by atoms with van der Waals surface area (Å²) in [6.07, 6.45) is 0. The Morgan fingerprint density at radius 3 is 2.70 bits per heavy atom. The fourth-order valence-corrected chi connectivity index (χ4v) is 0.814. The number of hydrogen-bond donors (Lipinski definition) is 0. The maximum Gasteiger partial charge on any atom is 0.154 e. The Bertz CT molecular complexity index is 237. The molecule has 4 heteroatoms. The van der Waals surface area contributed by atoms with E-state index in [0.29, 0.717) is 11.0 Å². The molecule has 0 aliphatic carbocycles. The molecule has 0 aliphatic rings. The standard InChI is InChI=1S/C6H6Cl2N2/c1-4-2-5(3-7)9-10-6(4)8/h2H,3H2,1H3. The van der Waals surface area contributed by atoms with Crippen molar-refractivity contribution >= 4 is 23.2 Å². The molecule has 0 saturated heterocycles. The van der Waals surface area contributed by atoms with E-state index in [-0.39, 0.29) is 0 Å². The van der Waals surface area contributed by atoms with Crippen LogP contribution in [0, 0.1) is 6.92 Å². The number of hydrogen-bond acceptors (Lipinski definition) is 2. The van der Waals surface area contributed by atoms with Crippen molar-refractivity contribution in [2.45, 2.75) is 12.8 Å². The molecule has 2 nitrogen and oxygen atoms in total. The highest BCUT2D eigenvalue weighted by Crippen LogP contribution is 2.11. The van der Waals surface area contributed by atoms with Gasteiger partial charge in [0.1, 0.15) is 0 Å². The molecule has 0 aliphatic heterocycles. The third-order valence-electron chi connectivity index (χ3n) is 1.11. The van der Waals surface area contributed by atoms with Crippen molar-refractivity contribution in [1.82, 2.24) is 10.2 Å². The van der Waals surface area contributed by atoms with Crippen LogP contribution in [0.4, 0.5) is 0 Å². The van der Waals surface area contributed by atoms with Gasteiger partial charge in [-0.1, -0.05) is 11.6 Å². The summed E-state index contributed by atoms with van der Waals surface area (Å²) in [5.74, 6) is 0.380. The Morgan fingerprint density at radius 2 is 2.20 bits per heavy atom. The molecule has 0 unspecified atom stereocenters. The molecule has 54 valence electrons. The van der Waals surface area contributed by atoms with Gasteiger partial charge in [-0.15, -0.1) is 16.7 Å². The lowest BCUT2D eigenvalue weighted by molar-refractivity contribution is 0.956. The zero-order valence-corrected chi connectivity index (χ0v) is 6.95. The largest absolute Gasteiger partial charge is 0.154 e. The highest BCUT2D eigenvalue weighted by atomic mass is 35.5. The second-order valence-electron chi connectivity index (χ2n) is 1.94. The molecule has 1 aromatic rings. The van der Waals surface area contributed by atoms with Crippen LogP contribution in [0.15, 0.2) is 6.07 Å². The van der Waals surface area contributed by atoms with Crippen LogP contribution >= 0.6 is 23.2 Å². The zero-order valence-electron chi connectivity index (χ0n) is 5.43. The fraction of sp³-hybridized carbons (Fsp3) is 0.333. The summed E-state index contributed by atoms with van der Waals surface area (Å²) in [6.45, 7) is 1.87. The van der Waals surface area contributed by atoms with Crippen LogP contribution in [-0.2, 0) is 5.88 Å². The molecule has 0 bridgehead atoms. The third-order valence-corrected chi connectivity index (χ3v) is 1.76. The lowest BCUT2D eigenvalue weighted by Crippen LogP contribution is -1.91. The van der Waals surface area contributed by atoms with E-state index in [9.17, 15) is 0 Å². The number of aromatic nitrogens is 2. The number of halogens is 2. The van der Waals surface area contributed by atoms with E-state index < -0.39 is 0 Å². The smallest absolute Gasteiger partial charge is 0.153 e. The van der Waals surface area contributed by atoms with Crippen LogP contribution < -0.4 is 0 Å². The monoisotopic (exact) mass is 176 g/mol. The number of alkyl halides is 1. The normalized spacial score (nSPS) is 9.90. The number of rotatable bonds is 1. The summed E-state index contributed by atoms with van der Waals surface area (Å²) in [7, 11) is 0. The van der Waals surface area contributed by atoms with Crippen LogP contribution in [0.1, 0.15) is 11.3 Å². The van der Waals surface area contributed by atoms with Gasteiger partial charge in [0.15, 0.2) is 5.15 Å². The van der Waals surface area contributed by atoms with Crippen molar-refractivity contribution in [2.75, 3.05) is 0 Å².